The minimum absolute atomic E-state index is 0.280. The number of carbonyl (C=O) groups is 4. The smallest absolute Gasteiger partial charge is 0.322 e. The van der Waals surface area contributed by atoms with E-state index in [2.05, 4.69) is 0 Å². The molecule has 0 fully saturated rings. The van der Waals surface area contributed by atoms with Gasteiger partial charge in [-0.15, -0.1) is 0 Å². The fourth-order valence-electron chi connectivity index (χ4n) is 2.03. The van der Waals surface area contributed by atoms with Gasteiger partial charge in [0.2, 0.25) is 10.5 Å². The van der Waals surface area contributed by atoms with Crippen LogP contribution in [0, 0.1) is 0 Å². The van der Waals surface area contributed by atoms with E-state index in [4.69, 9.17) is 33.4 Å². The topological polar surface area (TPSA) is 109 Å². The van der Waals surface area contributed by atoms with Gasteiger partial charge in [0.15, 0.2) is 5.92 Å². The molecule has 0 aliphatic rings. The second-order valence-electron chi connectivity index (χ2n) is 4.97. The maximum atomic E-state index is 10.8. The SMILES string of the molecule is O=C(Cl)C(C(=O)Cl)c1ccccc1.O=C(O)C(C(=O)O)c1ccccc1. The van der Waals surface area contributed by atoms with Crippen LogP contribution in [0.2, 0.25) is 0 Å². The summed E-state index contributed by atoms with van der Waals surface area (Å²) in [6, 6.07) is 16.3. The zero-order valence-corrected chi connectivity index (χ0v) is 14.7. The Morgan fingerprint density at radius 2 is 0.923 bits per heavy atom. The summed E-state index contributed by atoms with van der Waals surface area (Å²) in [5.74, 6) is -5.22. The van der Waals surface area contributed by atoms with Gasteiger partial charge in [0.1, 0.15) is 5.92 Å². The van der Waals surface area contributed by atoms with Crippen LogP contribution in [0.3, 0.4) is 0 Å². The van der Waals surface area contributed by atoms with E-state index >= 15 is 0 Å². The van der Waals surface area contributed by atoms with E-state index in [0.29, 0.717) is 5.56 Å². The van der Waals surface area contributed by atoms with Crippen molar-refractivity contribution in [2.75, 3.05) is 0 Å². The third-order valence-corrected chi connectivity index (χ3v) is 3.65. The number of carboxylic acid groups (broad SMARTS) is 2. The van der Waals surface area contributed by atoms with E-state index in [9.17, 15) is 19.2 Å². The summed E-state index contributed by atoms with van der Waals surface area (Å²) >= 11 is 10.5. The second-order valence-corrected chi connectivity index (χ2v) is 5.72. The Labute approximate surface area is 159 Å². The van der Waals surface area contributed by atoms with Gasteiger partial charge in [-0.25, -0.2) is 0 Å². The van der Waals surface area contributed by atoms with Crippen molar-refractivity contribution in [2.45, 2.75) is 11.8 Å². The van der Waals surface area contributed by atoms with Gasteiger partial charge in [-0.3, -0.25) is 19.2 Å². The quantitative estimate of drug-likeness (QED) is 0.572. The Morgan fingerprint density at radius 1 is 0.615 bits per heavy atom. The molecule has 0 aliphatic carbocycles. The number of hydrogen-bond acceptors (Lipinski definition) is 4. The maximum absolute atomic E-state index is 10.8. The number of hydrogen-bond donors (Lipinski definition) is 2. The van der Waals surface area contributed by atoms with Gasteiger partial charge < -0.3 is 10.2 Å². The zero-order chi connectivity index (χ0) is 19.7. The third-order valence-electron chi connectivity index (χ3n) is 3.21. The molecule has 2 N–H and O–H groups in total. The van der Waals surface area contributed by atoms with E-state index in [1.54, 1.807) is 48.5 Å². The van der Waals surface area contributed by atoms with Crippen LogP contribution < -0.4 is 0 Å². The average molecular weight is 397 g/mol. The molecule has 0 spiro atoms. The lowest BCUT2D eigenvalue weighted by Crippen LogP contribution is -2.20. The Bertz CT molecular complexity index is 681. The van der Waals surface area contributed by atoms with E-state index in [1.165, 1.54) is 12.1 Å². The lowest BCUT2D eigenvalue weighted by atomic mass is 10.00. The molecular weight excluding hydrogens is 383 g/mol. The first-order chi connectivity index (χ1) is 12.3. The molecule has 2 aromatic rings. The number of carbonyl (C=O) groups excluding carboxylic acids is 2. The number of aliphatic carboxylic acids is 2. The van der Waals surface area contributed by atoms with Crippen molar-refractivity contribution in [3.8, 4) is 0 Å². The Morgan fingerprint density at radius 3 is 1.19 bits per heavy atom. The van der Waals surface area contributed by atoms with Crippen molar-refractivity contribution < 1.29 is 29.4 Å². The highest BCUT2D eigenvalue weighted by atomic mass is 35.5. The first-order valence-electron chi connectivity index (χ1n) is 7.20. The molecule has 2 aromatic carbocycles. The van der Waals surface area contributed by atoms with E-state index in [0.717, 1.165) is 0 Å². The fourth-order valence-corrected chi connectivity index (χ4v) is 2.54. The highest BCUT2D eigenvalue weighted by molar-refractivity contribution is 6.74. The summed E-state index contributed by atoms with van der Waals surface area (Å²) in [6.45, 7) is 0. The number of benzene rings is 2. The van der Waals surface area contributed by atoms with Crippen LogP contribution in [0.4, 0.5) is 0 Å². The standard InChI is InChI=1S/C9H6Cl2O2.C9H8O4/c10-8(12)7(9(11)13)6-4-2-1-3-5-6;10-8(11)7(9(12)13)6-4-2-1-3-5-6/h1-5,7H;1-5,7H,(H,10,11)(H,12,13). The van der Waals surface area contributed by atoms with Crippen LogP contribution in [0.5, 0.6) is 0 Å². The first kappa shape index (κ1) is 21.3. The number of rotatable bonds is 6. The number of halogens is 2. The highest BCUT2D eigenvalue weighted by Crippen LogP contribution is 2.21. The van der Waals surface area contributed by atoms with Gasteiger partial charge in [0.05, 0.1) is 0 Å². The Hall–Kier alpha value is -2.70. The molecule has 0 unspecified atom stereocenters. The molecule has 0 amide bonds. The second kappa shape index (κ2) is 10.3. The molecular formula is C18H14Cl2O6. The minimum Gasteiger partial charge on any atom is -0.480 e. The monoisotopic (exact) mass is 396 g/mol. The summed E-state index contributed by atoms with van der Waals surface area (Å²) < 4.78 is 0. The molecule has 6 nitrogen and oxygen atoms in total. The maximum Gasteiger partial charge on any atom is 0.322 e. The molecule has 0 bridgehead atoms. The lowest BCUT2D eigenvalue weighted by molar-refractivity contribution is -0.150. The molecule has 0 aromatic heterocycles. The van der Waals surface area contributed by atoms with Gasteiger partial charge >= 0.3 is 11.9 Å². The Balaban J connectivity index is 0.000000260. The van der Waals surface area contributed by atoms with Crippen LogP contribution in [0.1, 0.15) is 23.0 Å². The predicted octanol–water partition coefficient (Wildman–Crippen LogP) is 3.24. The van der Waals surface area contributed by atoms with Crippen LogP contribution in [-0.4, -0.2) is 32.6 Å². The van der Waals surface area contributed by atoms with Crippen LogP contribution in [0.25, 0.3) is 0 Å². The molecule has 0 radical (unpaired) electrons. The average Bonchev–Trinajstić information content (AvgIpc) is 2.56. The number of carboxylic acids is 2. The van der Waals surface area contributed by atoms with Crippen LogP contribution >= 0.6 is 23.2 Å². The van der Waals surface area contributed by atoms with Crippen LogP contribution in [0.15, 0.2) is 60.7 Å². The van der Waals surface area contributed by atoms with Crippen molar-refractivity contribution in [2.24, 2.45) is 0 Å². The third kappa shape index (κ3) is 6.31. The van der Waals surface area contributed by atoms with E-state index in [-0.39, 0.29) is 5.56 Å². The van der Waals surface area contributed by atoms with Gasteiger partial charge in [-0.1, -0.05) is 60.7 Å². The summed E-state index contributed by atoms with van der Waals surface area (Å²) in [4.78, 5) is 42.8. The Kier molecular flexibility index (Phi) is 8.48. The lowest BCUT2D eigenvalue weighted by Gasteiger charge is -2.06. The molecule has 2 rings (SSSR count). The van der Waals surface area contributed by atoms with Crippen LogP contribution in [-0.2, 0) is 19.2 Å². The molecule has 8 heteroatoms. The molecule has 0 saturated carbocycles. The van der Waals surface area contributed by atoms with E-state index in [1.807, 2.05) is 0 Å². The predicted molar refractivity (Wildman–Crippen MR) is 95.4 cm³/mol. The van der Waals surface area contributed by atoms with Crippen molar-refractivity contribution in [3.05, 3.63) is 71.8 Å². The molecule has 0 saturated heterocycles. The van der Waals surface area contributed by atoms with Crippen molar-refractivity contribution in [3.63, 3.8) is 0 Å². The van der Waals surface area contributed by atoms with Gasteiger partial charge in [-0.2, -0.15) is 0 Å². The molecule has 0 atom stereocenters. The van der Waals surface area contributed by atoms with Crippen molar-refractivity contribution >= 4 is 45.6 Å². The zero-order valence-electron chi connectivity index (χ0n) is 13.2. The molecule has 136 valence electrons. The van der Waals surface area contributed by atoms with Gasteiger partial charge in [0, 0.05) is 0 Å². The largest absolute Gasteiger partial charge is 0.480 e. The molecule has 0 heterocycles. The summed E-state index contributed by atoms with van der Waals surface area (Å²) in [6.07, 6.45) is 0. The molecule has 0 aliphatic heterocycles. The fraction of sp³-hybridized carbons (Fsp3) is 0.111. The van der Waals surface area contributed by atoms with Gasteiger partial charge in [0.25, 0.3) is 0 Å². The normalized spacial score (nSPS) is 10.0. The minimum atomic E-state index is -1.47. The highest BCUT2D eigenvalue weighted by Gasteiger charge is 2.27. The summed E-state index contributed by atoms with van der Waals surface area (Å²) in [5, 5.41) is 15.7. The summed E-state index contributed by atoms with van der Waals surface area (Å²) in [7, 11) is 0. The first-order valence-corrected chi connectivity index (χ1v) is 7.95. The van der Waals surface area contributed by atoms with Crippen molar-refractivity contribution in [1.29, 1.82) is 0 Å². The van der Waals surface area contributed by atoms with E-state index < -0.39 is 34.3 Å². The summed E-state index contributed by atoms with van der Waals surface area (Å²) in [5.41, 5.74) is 0.796. The van der Waals surface area contributed by atoms with Gasteiger partial charge in [-0.05, 0) is 34.3 Å². The molecule has 26 heavy (non-hydrogen) atoms. The van der Waals surface area contributed by atoms with Crippen molar-refractivity contribution in [1.82, 2.24) is 0 Å².